The van der Waals surface area contributed by atoms with Gasteiger partial charge in [-0.15, -0.1) is 0 Å². The molecule has 0 amide bonds. The van der Waals surface area contributed by atoms with Crippen LogP contribution in [-0.2, 0) is 0 Å². The minimum Gasteiger partial charge on any atom is -0.373 e. The predicted octanol–water partition coefficient (Wildman–Crippen LogP) is 5.71. The maximum atomic E-state index is 6.25. The Morgan fingerprint density at radius 2 is 1.55 bits per heavy atom. The van der Waals surface area contributed by atoms with Gasteiger partial charge in [-0.3, -0.25) is 0 Å². The first-order valence-corrected chi connectivity index (χ1v) is 10.0. The van der Waals surface area contributed by atoms with Crippen LogP contribution in [0.5, 0.6) is 0 Å². The lowest BCUT2D eigenvalue weighted by molar-refractivity contribution is 0.773. The first-order chi connectivity index (χ1) is 9.33. The number of hydrogen-bond donors (Lipinski definition) is 0. The van der Waals surface area contributed by atoms with Crippen molar-refractivity contribution in [2.45, 2.75) is 58.2 Å². The van der Waals surface area contributed by atoms with Crippen LogP contribution in [0.1, 0.15) is 41.5 Å². The Labute approximate surface area is 128 Å². The number of fused-ring (bicyclic) bond motifs is 1. The molecule has 0 aromatic carbocycles. The second kappa shape index (κ2) is 5.53. The maximum absolute atomic E-state index is 6.25. The molecule has 0 fully saturated rings. The van der Waals surface area contributed by atoms with Crippen LogP contribution in [0.3, 0.4) is 0 Å². The van der Waals surface area contributed by atoms with Crippen LogP contribution >= 0.6 is 11.6 Å². The molecule has 0 bridgehead atoms. The summed E-state index contributed by atoms with van der Waals surface area (Å²) in [6, 6.07) is 4.23. The van der Waals surface area contributed by atoms with E-state index in [4.69, 9.17) is 11.6 Å². The van der Waals surface area contributed by atoms with E-state index in [0.717, 1.165) is 5.39 Å². The molecule has 0 aliphatic rings. The Balaban J connectivity index is 2.79. The Morgan fingerprint density at radius 1 is 1.00 bits per heavy atom. The summed E-state index contributed by atoms with van der Waals surface area (Å²) in [6.07, 6.45) is 4.06. The van der Waals surface area contributed by atoms with Crippen molar-refractivity contribution in [3.8, 4) is 0 Å². The van der Waals surface area contributed by atoms with E-state index in [1.165, 1.54) is 5.52 Å². The summed E-state index contributed by atoms with van der Waals surface area (Å²) in [5.74, 6) is 0. The quantitative estimate of drug-likeness (QED) is 0.522. The molecule has 2 nitrogen and oxygen atoms in total. The fourth-order valence-electron chi connectivity index (χ4n) is 4.20. The topological polar surface area (TPSA) is 17.8 Å². The number of aromatic nitrogens is 2. The molecule has 20 heavy (non-hydrogen) atoms. The number of hydrogen-bond acceptors (Lipinski definition) is 1. The second-order valence-corrected chi connectivity index (χ2v) is 12.7. The van der Waals surface area contributed by atoms with Crippen molar-refractivity contribution in [3.63, 3.8) is 0 Å². The van der Waals surface area contributed by atoms with Gasteiger partial charge in [-0.2, -0.15) is 0 Å². The van der Waals surface area contributed by atoms with Gasteiger partial charge in [0.05, 0.1) is 0 Å². The number of pyridine rings is 1. The van der Waals surface area contributed by atoms with Crippen LogP contribution in [0.15, 0.2) is 24.5 Å². The van der Waals surface area contributed by atoms with Crippen LogP contribution in [0.4, 0.5) is 0 Å². The second-order valence-electron chi connectivity index (χ2n) is 6.57. The summed E-state index contributed by atoms with van der Waals surface area (Å²) in [7, 11) is -1.71. The van der Waals surface area contributed by atoms with Crippen LogP contribution < -0.4 is 0 Å². The van der Waals surface area contributed by atoms with Gasteiger partial charge in [-0.1, -0.05) is 53.1 Å². The van der Waals surface area contributed by atoms with E-state index in [1.54, 1.807) is 0 Å². The molecule has 2 heterocycles. The normalized spacial score (nSPS) is 13.1. The van der Waals surface area contributed by atoms with Crippen molar-refractivity contribution in [1.29, 1.82) is 0 Å². The highest BCUT2D eigenvalue weighted by molar-refractivity contribution is 6.82. The van der Waals surface area contributed by atoms with Crippen molar-refractivity contribution in [3.05, 3.63) is 29.7 Å². The average Bonchev–Trinajstić information content (AvgIpc) is 2.74. The lowest BCUT2D eigenvalue weighted by Crippen LogP contribution is -2.51. The van der Waals surface area contributed by atoms with Crippen molar-refractivity contribution in [2.75, 3.05) is 0 Å². The third-order valence-corrected chi connectivity index (χ3v) is 11.8. The lowest BCUT2D eigenvalue weighted by Gasteiger charge is -2.44. The average molecular weight is 309 g/mol. The summed E-state index contributed by atoms with van der Waals surface area (Å²) in [5, 5.41) is 1.69. The molecule has 0 saturated carbocycles. The van der Waals surface area contributed by atoms with Crippen LogP contribution in [0.25, 0.3) is 10.9 Å². The molecular weight excluding hydrogens is 284 g/mol. The molecule has 0 aliphatic heterocycles. The molecule has 0 aliphatic carbocycles. The van der Waals surface area contributed by atoms with Crippen molar-refractivity contribution < 1.29 is 0 Å². The molecule has 0 atom stereocenters. The molecule has 2 aromatic rings. The summed E-state index contributed by atoms with van der Waals surface area (Å²) < 4.78 is 2.57. The number of nitrogens with zero attached hydrogens (tertiary/aromatic N) is 2. The SMILES string of the molecule is CC(C)[Si](C(C)C)(C(C)C)n1ccc2c(Cl)nccc21. The van der Waals surface area contributed by atoms with Gasteiger partial charge in [0.15, 0.2) is 8.24 Å². The Kier molecular flexibility index (Phi) is 4.31. The third kappa shape index (κ3) is 2.11. The van der Waals surface area contributed by atoms with E-state index in [1.807, 2.05) is 6.20 Å². The predicted molar refractivity (Wildman–Crippen MR) is 91.2 cm³/mol. The van der Waals surface area contributed by atoms with E-state index in [2.05, 4.69) is 69.1 Å². The molecule has 0 spiro atoms. The molecule has 0 saturated heterocycles. The summed E-state index contributed by atoms with van der Waals surface area (Å²) in [6.45, 7) is 14.3. The molecule has 0 unspecified atom stereocenters. The van der Waals surface area contributed by atoms with E-state index in [0.29, 0.717) is 21.8 Å². The molecule has 110 valence electrons. The highest BCUT2D eigenvalue weighted by atomic mass is 35.5. The van der Waals surface area contributed by atoms with Crippen LogP contribution in [-0.4, -0.2) is 17.5 Å². The smallest absolute Gasteiger partial charge is 0.169 e. The van der Waals surface area contributed by atoms with Gasteiger partial charge >= 0.3 is 0 Å². The van der Waals surface area contributed by atoms with Crippen LogP contribution in [0, 0.1) is 0 Å². The van der Waals surface area contributed by atoms with Gasteiger partial charge in [0, 0.05) is 17.1 Å². The highest BCUT2D eigenvalue weighted by Gasteiger charge is 2.45. The fourth-order valence-corrected chi connectivity index (χ4v) is 11.0. The van der Waals surface area contributed by atoms with E-state index in [9.17, 15) is 0 Å². The molecule has 2 aromatic heterocycles. The van der Waals surface area contributed by atoms with Crippen molar-refractivity contribution in [1.82, 2.24) is 9.22 Å². The number of halogens is 1. The Hall–Kier alpha value is -0.803. The van der Waals surface area contributed by atoms with Crippen molar-refractivity contribution in [2.24, 2.45) is 0 Å². The standard InChI is InChI=1S/C16H25ClN2Si/c1-11(2)20(12(3)4,13(5)6)19-10-8-14-15(19)7-9-18-16(14)17/h7-13H,1-6H3. The van der Waals surface area contributed by atoms with E-state index < -0.39 is 8.24 Å². The van der Waals surface area contributed by atoms with Gasteiger partial charge in [0.25, 0.3) is 0 Å². The number of rotatable bonds is 4. The molecule has 0 N–H and O–H groups in total. The van der Waals surface area contributed by atoms with Gasteiger partial charge in [0.1, 0.15) is 5.15 Å². The van der Waals surface area contributed by atoms with Gasteiger partial charge in [0.2, 0.25) is 0 Å². The van der Waals surface area contributed by atoms with E-state index >= 15 is 0 Å². The third-order valence-electron chi connectivity index (χ3n) is 4.76. The van der Waals surface area contributed by atoms with Crippen LogP contribution in [0.2, 0.25) is 21.8 Å². The minimum absolute atomic E-state index is 0.611. The largest absolute Gasteiger partial charge is 0.373 e. The molecule has 0 radical (unpaired) electrons. The summed E-state index contributed by atoms with van der Waals surface area (Å²) in [5.41, 5.74) is 3.26. The Bertz CT molecular complexity index is 580. The lowest BCUT2D eigenvalue weighted by atomic mass is 10.3. The van der Waals surface area contributed by atoms with Gasteiger partial charge in [-0.05, 0) is 35.0 Å². The zero-order chi connectivity index (χ0) is 15.1. The zero-order valence-electron chi connectivity index (χ0n) is 13.3. The van der Waals surface area contributed by atoms with E-state index in [-0.39, 0.29) is 0 Å². The Morgan fingerprint density at radius 3 is 2.05 bits per heavy atom. The monoisotopic (exact) mass is 308 g/mol. The molecular formula is C16H25ClN2Si. The zero-order valence-corrected chi connectivity index (χ0v) is 15.1. The summed E-state index contributed by atoms with van der Waals surface area (Å²) in [4.78, 5) is 4.20. The van der Waals surface area contributed by atoms with Gasteiger partial charge < -0.3 is 4.23 Å². The van der Waals surface area contributed by atoms with Gasteiger partial charge in [-0.25, -0.2) is 4.98 Å². The first-order valence-electron chi connectivity index (χ1n) is 7.45. The molecule has 2 rings (SSSR count). The van der Waals surface area contributed by atoms with Crippen molar-refractivity contribution >= 4 is 30.7 Å². The summed E-state index contributed by atoms with van der Waals surface area (Å²) >= 11 is 6.25. The minimum atomic E-state index is -1.71. The maximum Gasteiger partial charge on any atom is 0.169 e. The fraction of sp³-hybridized carbons (Fsp3) is 0.562. The molecule has 4 heteroatoms. The first kappa shape index (κ1) is 15.6. The highest BCUT2D eigenvalue weighted by Crippen LogP contribution is 2.44.